The highest BCUT2D eigenvalue weighted by atomic mass is 79.9. The van der Waals surface area contributed by atoms with Gasteiger partial charge in [-0.15, -0.1) is 0 Å². The largest absolute Gasteiger partial charge is 0.340 e. The lowest BCUT2D eigenvalue weighted by Crippen LogP contribution is -2.14. The second-order valence-electron chi connectivity index (χ2n) is 4.07. The first kappa shape index (κ1) is 14.8. The Bertz CT molecular complexity index is 687. The SMILES string of the molecule is CCS(=O)(=O)Nc1ccc(Nc2cccc(Br)c2)nc1. The number of sulfonamides is 1. The van der Waals surface area contributed by atoms with E-state index < -0.39 is 10.0 Å². The van der Waals surface area contributed by atoms with Crippen LogP contribution in [-0.4, -0.2) is 19.2 Å². The minimum atomic E-state index is -3.27. The molecule has 2 rings (SSSR count). The van der Waals surface area contributed by atoms with E-state index in [1.54, 1.807) is 19.1 Å². The van der Waals surface area contributed by atoms with Crippen LogP contribution < -0.4 is 10.0 Å². The molecule has 0 unspecified atom stereocenters. The van der Waals surface area contributed by atoms with E-state index in [2.05, 4.69) is 31.0 Å². The zero-order chi connectivity index (χ0) is 14.6. The van der Waals surface area contributed by atoms with Gasteiger partial charge in [0.1, 0.15) is 5.82 Å². The van der Waals surface area contributed by atoms with Crippen molar-refractivity contribution < 1.29 is 8.42 Å². The lowest BCUT2D eigenvalue weighted by atomic mass is 10.3. The van der Waals surface area contributed by atoms with Gasteiger partial charge in [0.05, 0.1) is 17.6 Å². The smallest absolute Gasteiger partial charge is 0.232 e. The number of pyridine rings is 1. The molecule has 0 saturated heterocycles. The second kappa shape index (κ2) is 6.23. The molecule has 7 heteroatoms. The van der Waals surface area contributed by atoms with Crippen molar-refractivity contribution in [3.05, 3.63) is 47.1 Å². The minimum Gasteiger partial charge on any atom is -0.340 e. The lowest BCUT2D eigenvalue weighted by Gasteiger charge is -2.08. The van der Waals surface area contributed by atoms with Crippen molar-refractivity contribution in [2.24, 2.45) is 0 Å². The van der Waals surface area contributed by atoms with E-state index in [9.17, 15) is 8.42 Å². The first-order valence-corrected chi connectivity index (χ1v) is 8.42. The van der Waals surface area contributed by atoms with Gasteiger partial charge in [0.25, 0.3) is 0 Å². The molecule has 0 fully saturated rings. The molecule has 0 aliphatic carbocycles. The summed E-state index contributed by atoms with van der Waals surface area (Å²) in [6.45, 7) is 1.58. The zero-order valence-corrected chi connectivity index (χ0v) is 13.2. The Balaban J connectivity index is 2.09. The van der Waals surface area contributed by atoms with Crippen LogP contribution >= 0.6 is 15.9 Å². The highest BCUT2D eigenvalue weighted by Gasteiger charge is 2.06. The van der Waals surface area contributed by atoms with E-state index in [-0.39, 0.29) is 5.75 Å². The van der Waals surface area contributed by atoms with Gasteiger partial charge in [-0.1, -0.05) is 22.0 Å². The summed E-state index contributed by atoms with van der Waals surface area (Å²) in [6.07, 6.45) is 1.48. The summed E-state index contributed by atoms with van der Waals surface area (Å²) in [5.41, 5.74) is 1.35. The van der Waals surface area contributed by atoms with Gasteiger partial charge in [-0.05, 0) is 37.3 Å². The number of nitrogens with one attached hydrogen (secondary N) is 2. The Hall–Kier alpha value is -1.60. The summed E-state index contributed by atoms with van der Waals surface area (Å²) in [7, 11) is -3.27. The van der Waals surface area contributed by atoms with E-state index in [0.29, 0.717) is 11.5 Å². The quantitative estimate of drug-likeness (QED) is 0.862. The van der Waals surface area contributed by atoms with Crippen molar-refractivity contribution in [3.8, 4) is 0 Å². The highest BCUT2D eigenvalue weighted by Crippen LogP contribution is 2.20. The Kier molecular flexibility index (Phi) is 4.61. The molecule has 0 aliphatic heterocycles. The predicted octanol–water partition coefficient (Wildman–Crippen LogP) is 3.35. The van der Waals surface area contributed by atoms with Gasteiger partial charge in [0.2, 0.25) is 10.0 Å². The van der Waals surface area contributed by atoms with Crippen molar-refractivity contribution in [2.75, 3.05) is 15.8 Å². The van der Waals surface area contributed by atoms with Crippen molar-refractivity contribution in [2.45, 2.75) is 6.92 Å². The standard InChI is InChI=1S/C13H14BrN3O2S/c1-2-20(18,19)17-12-6-7-13(15-9-12)16-11-5-3-4-10(14)8-11/h3-9,17H,2H2,1H3,(H,15,16). The van der Waals surface area contributed by atoms with Crippen molar-refractivity contribution >= 4 is 43.1 Å². The second-order valence-corrected chi connectivity index (χ2v) is 7.00. The normalized spacial score (nSPS) is 11.1. The van der Waals surface area contributed by atoms with Gasteiger partial charge in [0.15, 0.2) is 0 Å². The van der Waals surface area contributed by atoms with Gasteiger partial charge in [-0.3, -0.25) is 4.72 Å². The van der Waals surface area contributed by atoms with Crippen molar-refractivity contribution in [3.63, 3.8) is 0 Å². The Labute approximate surface area is 126 Å². The molecule has 0 aliphatic rings. The van der Waals surface area contributed by atoms with E-state index >= 15 is 0 Å². The highest BCUT2D eigenvalue weighted by molar-refractivity contribution is 9.10. The van der Waals surface area contributed by atoms with E-state index in [0.717, 1.165) is 10.2 Å². The topological polar surface area (TPSA) is 71.1 Å². The summed E-state index contributed by atoms with van der Waals surface area (Å²) in [5, 5.41) is 3.13. The molecule has 2 aromatic rings. The average Bonchev–Trinajstić information content (AvgIpc) is 2.41. The Morgan fingerprint density at radius 2 is 2.00 bits per heavy atom. The molecule has 0 radical (unpaired) electrons. The van der Waals surface area contributed by atoms with E-state index in [4.69, 9.17) is 0 Å². The van der Waals surface area contributed by atoms with Crippen molar-refractivity contribution in [1.29, 1.82) is 0 Å². The van der Waals surface area contributed by atoms with Crippen molar-refractivity contribution in [1.82, 2.24) is 4.98 Å². The van der Waals surface area contributed by atoms with E-state index in [1.807, 2.05) is 24.3 Å². The molecule has 2 N–H and O–H groups in total. The van der Waals surface area contributed by atoms with Crippen LogP contribution in [-0.2, 0) is 10.0 Å². The third-order valence-corrected chi connectivity index (χ3v) is 4.31. The molecule has 1 aromatic heterocycles. The molecule has 106 valence electrons. The third kappa shape index (κ3) is 4.21. The number of anilines is 3. The van der Waals surface area contributed by atoms with Crippen LogP contribution in [0.4, 0.5) is 17.2 Å². The maximum atomic E-state index is 11.4. The number of benzene rings is 1. The predicted molar refractivity (Wildman–Crippen MR) is 84.7 cm³/mol. The molecule has 0 saturated carbocycles. The van der Waals surface area contributed by atoms with Crippen LogP contribution in [0.25, 0.3) is 0 Å². The fraction of sp³-hybridized carbons (Fsp3) is 0.154. The van der Waals surface area contributed by atoms with Crippen LogP contribution in [0.15, 0.2) is 47.1 Å². The molecule has 0 atom stereocenters. The molecule has 0 amide bonds. The maximum absolute atomic E-state index is 11.4. The van der Waals surface area contributed by atoms with Crippen LogP contribution in [0.1, 0.15) is 6.92 Å². The van der Waals surface area contributed by atoms with E-state index in [1.165, 1.54) is 6.20 Å². The Morgan fingerprint density at radius 3 is 2.60 bits per heavy atom. The summed E-state index contributed by atoms with van der Waals surface area (Å²) in [6, 6.07) is 11.1. The maximum Gasteiger partial charge on any atom is 0.232 e. The molecule has 0 bridgehead atoms. The number of hydrogen-bond acceptors (Lipinski definition) is 4. The lowest BCUT2D eigenvalue weighted by molar-refractivity contribution is 0.602. The Morgan fingerprint density at radius 1 is 1.20 bits per heavy atom. The fourth-order valence-corrected chi connectivity index (χ4v) is 2.52. The number of nitrogens with zero attached hydrogens (tertiary/aromatic N) is 1. The van der Waals surface area contributed by atoms with Gasteiger partial charge in [-0.25, -0.2) is 13.4 Å². The number of halogens is 1. The number of aromatic nitrogens is 1. The summed E-state index contributed by atoms with van der Waals surface area (Å²) in [5.74, 6) is 0.674. The number of rotatable bonds is 5. The molecular weight excluding hydrogens is 342 g/mol. The van der Waals surface area contributed by atoms with Gasteiger partial charge >= 0.3 is 0 Å². The third-order valence-electron chi connectivity index (χ3n) is 2.51. The summed E-state index contributed by atoms with van der Waals surface area (Å²) >= 11 is 3.39. The van der Waals surface area contributed by atoms with Crippen LogP contribution in [0.5, 0.6) is 0 Å². The first-order chi connectivity index (χ1) is 9.48. The number of hydrogen-bond donors (Lipinski definition) is 2. The first-order valence-electron chi connectivity index (χ1n) is 5.97. The minimum absolute atomic E-state index is 0.0328. The fourth-order valence-electron chi connectivity index (χ4n) is 1.49. The van der Waals surface area contributed by atoms with Gasteiger partial charge in [-0.2, -0.15) is 0 Å². The average molecular weight is 356 g/mol. The molecule has 0 spiro atoms. The molecule has 5 nitrogen and oxygen atoms in total. The van der Waals surface area contributed by atoms with Crippen LogP contribution in [0.2, 0.25) is 0 Å². The van der Waals surface area contributed by atoms with Gasteiger partial charge < -0.3 is 5.32 Å². The zero-order valence-electron chi connectivity index (χ0n) is 10.8. The molecule has 20 heavy (non-hydrogen) atoms. The summed E-state index contributed by atoms with van der Waals surface area (Å²) in [4.78, 5) is 4.17. The van der Waals surface area contributed by atoms with Gasteiger partial charge in [0, 0.05) is 10.2 Å². The molecular formula is C13H14BrN3O2S. The van der Waals surface area contributed by atoms with Crippen LogP contribution in [0.3, 0.4) is 0 Å². The molecule has 1 heterocycles. The summed E-state index contributed by atoms with van der Waals surface area (Å²) < 4.78 is 26.3. The molecule has 1 aromatic carbocycles. The van der Waals surface area contributed by atoms with Crippen LogP contribution in [0, 0.1) is 0 Å². The monoisotopic (exact) mass is 355 g/mol.